The van der Waals surface area contributed by atoms with Gasteiger partial charge in [0.25, 0.3) is 0 Å². The maximum absolute atomic E-state index is 5.41. The quantitative estimate of drug-likeness (QED) is 0.542. The van der Waals surface area contributed by atoms with E-state index in [1.807, 2.05) is 24.4 Å². The second-order valence-electron chi connectivity index (χ2n) is 7.86. The lowest BCUT2D eigenvalue weighted by Crippen LogP contribution is -2.49. The monoisotopic (exact) mass is 383 g/mol. The lowest BCUT2D eigenvalue weighted by atomic mass is 10.0. The summed E-state index contributed by atoms with van der Waals surface area (Å²) < 4.78 is 5.41. The first-order valence-corrected chi connectivity index (χ1v) is 10.4. The Hall–Kier alpha value is -2.34. The number of pyridine rings is 1. The third kappa shape index (κ3) is 7.00. The van der Waals surface area contributed by atoms with Crippen LogP contribution in [0.2, 0.25) is 0 Å². The summed E-state index contributed by atoms with van der Waals surface area (Å²) in [6.45, 7) is 9.13. The number of furan rings is 1. The maximum Gasteiger partial charge on any atom is 0.191 e. The fourth-order valence-corrected chi connectivity index (χ4v) is 3.33. The van der Waals surface area contributed by atoms with E-state index in [0.717, 1.165) is 69.4 Å². The van der Waals surface area contributed by atoms with Crippen LogP contribution < -0.4 is 10.6 Å². The zero-order valence-electron chi connectivity index (χ0n) is 17.1. The zero-order chi connectivity index (χ0) is 19.6. The number of aliphatic imine (C=N–C) groups is 1. The summed E-state index contributed by atoms with van der Waals surface area (Å²) in [7, 11) is 0. The van der Waals surface area contributed by atoms with Crippen molar-refractivity contribution in [2.75, 3.05) is 26.2 Å². The molecule has 3 rings (SSSR count). The highest BCUT2D eigenvalue weighted by atomic mass is 16.3. The van der Waals surface area contributed by atoms with Gasteiger partial charge >= 0.3 is 0 Å². The van der Waals surface area contributed by atoms with Crippen molar-refractivity contribution >= 4 is 5.96 Å². The Morgan fingerprint density at radius 3 is 2.79 bits per heavy atom. The molecule has 1 fully saturated rings. The van der Waals surface area contributed by atoms with Gasteiger partial charge in [-0.25, -0.2) is 0 Å². The molecule has 0 radical (unpaired) electrons. The van der Waals surface area contributed by atoms with Crippen LogP contribution in [-0.2, 0) is 13.0 Å². The van der Waals surface area contributed by atoms with E-state index in [0.29, 0.717) is 12.0 Å². The summed E-state index contributed by atoms with van der Waals surface area (Å²) in [5.41, 5.74) is 1.15. The van der Waals surface area contributed by atoms with E-state index in [9.17, 15) is 0 Å². The minimum absolute atomic E-state index is 0.460. The first-order chi connectivity index (χ1) is 13.7. The molecule has 6 heteroatoms. The second kappa shape index (κ2) is 10.9. The number of nitrogens with one attached hydrogen (secondary N) is 2. The molecule has 152 valence electrons. The molecule has 0 bridgehead atoms. The molecule has 0 unspecified atom stereocenters. The van der Waals surface area contributed by atoms with Crippen LogP contribution in [0, 0.1) is 5.92 Å². The highest BCUT2D eigenvalue weighted by molar-refractivity contribution is 5.80. The van der Waals surface area contributed by atoms with Gasteiger partial charge in [-0.15, -0.1) is 0 Å². The van der Waals surface area contributed by atoms with Crippen molar-refractivity contribution in [2.24, 2.45) is 10.9 Å². The number of guanidine groups is 1. The third-order valence-corrected chi connectivity index (χ3v) is 4.90. The summed E-state index contributed by atoms with van der Waals surface area (Å²) in [5, 5.41) is 7.11. The third-order valence-electron chi connectivity index (χ3n) is 4.90. The normalized spacial score (nSPS) is 16.5. The Bertz CT molecular complexity index is 691. The van der Waals surface area contributed by atoms with Gasteiger partial charge in [-0.2, -0.15) is 0 Å². The average molecular weight is 384 g/mol. The first-order valence-electron chi connectivity index (χ1n) is 10.4. The van der Waals surface area contributed by atoms with Gasteiger partial charge in [-0.05, 0) is 43.0 Å². The van der Waals surface area contributed by atoms with Crippen LogP contribution in [0.5, 0.6) is 0 Å². The van der Waals surface area contributed by atoms with Gasteiger partial charge in [-0.1, -0.05) is 19.9 Å². The van der Waals surface area contributed by atoms with E-state index in [-0.39, 0.29) is 0 Å². The van der Waals surface area contributed by atoms with Gasteiger partial charge < -0.3 is 15.1 Å². The van der Waals surface area contributed by atoms with Crippen LogP contribution in [0.3, 0.4) is 0 Å². The van der Waals surface area contributed by atoms with E-state index in [4.69, 9.17) is 9.41 Å². The molecule has 2 aromatic rings. The molecule has 1 saturated heterocycles. The average Bonchev–Trinajstić information content (AvgIpc) is 3.22. The molecule has 3 heterocycles. The van der Waals surface area contributed by atoms with Crippen LogP contribution in [0.1, 0.15) is 38.1 Å². The van der Waals surface area contributed by atoms with Gasteiger partial charge in [0.2, 0.25) is 0 Å². The Morgan fingerprint density at radius 2 is 2.11 bits per heavy atom. The molecule has 2 N–H and O–H groups in total. The number of aromatic nitrogens is 1. The lowest BCUT2D eigenvalue weighted by Gasteiger charge is -2.33. The van der Waals surface area contributed by atoms with Gasteiger partial charge in [0, 0.05) is 51.4 Å². The molecule has 6 nitrogen and oxygen atoms in total. The first kappa shape index (κ1) is 20.4. The maximum atomic E-state index is 5.41. The van der Waals surface area contributed by atoms with Crippen LogP contribution in [-0.4, -0.2) is 48.1 Å². The molecule has 0 atom stereocenters. The van der Waals surface area contributed by atoms with Gasteiger partial charge in [0.15, 0.2) is 5.96 Å². The molecule has 1 aliphatic rings. The van der Waals surface area contributed by atoms with Crippen LogP contribution >= 0.6 is 0 Å². The van der Waals surface area contributed by atoms with Gasteiger partial charge in [-0.3, -0.25) is 14.9 Å². The van der Waals surface area contributed by atoms with Crippen molar-refractivity contribution < 1.29 is 4.42 Å². The number of piperidine rings is 1. The number of hydrogen-bond acceptors (Lipinski definition) is 4. The number of rotatable bonds is 8. The van der Waals surface area contributed by atoms with Crippen molar-refractivity contribution in [2.45, 2.75) is 45.7 Å². The molecule has 2 aromatic heterocycles. The molecule has 0 aliphatic carbocycles. The van der Waals surface area contributed by atoms with Gasteiger partial charge in [0.05, 0.1) is 12.0 Å². The highest BCUT2D eigenvalue weighted by Gasteiger charge is 2.20. The van der Waals surface area contributed by atoms with E-state index in [1.165, 1.54) is 0 Å². The molecule has 0 saturated carbocycles. The molecular formula is C22H33N5O. The SMILES string of the molecule is CC(C)CN=C(NCCc1ccco1)NC1CCN(Cc2ccccn2)CC1. The van der Waals surface area contributed by atoms with Crippen molar-refractivity contribution in [3.63, 3.8) is 0 Å². The van der Waals surface area contributed by atoms with Crippen molar-refractivity contribution in [3.05, 3.63) is 54.2 Å². The standard InChI is InChI=1S/C22H33N5O/c1-18(2)16-25-22(24-12-8-21-7-5-15-28-21)26-19-9-13-27(14-10-19)17-20-6-3-4-11-23-20/h3-7,11,15,18-19H,8-10,12-14,16-17H2,1-2H3,(H2,24,25,26). The van der Waals surface area contributed by atoms with E-state index in [2.05, 4.69) is 46.5 Å². The highest BCUT2D eigenvalue weighted by Crippen LogP contribution is 2.13. The number of nitrogens with zero attached hydrogens (tertiary/aromatic N) is 3. The fourth-order valence-electron chi connectivity index (χ4n) is 3.33. The van der Waals surface area contributed by atoms with Crippen LogP contribution in [0.25, 0.3) is 0 Å². The van der Waals surface area contributed by atoms with Gasteiger partial charge in [0.1, 0.15) is 5.76 Å². The lowest BCUT2D eigenvalue weighted by molar-refractivity contribution is 0.196. The van der Waals surface area contributed by atoms with Crippen molar-refractivity contribution in [1.29, 1.82) is 0 Å². The Labute approximate surface area is 168 Å². The molecular weight excluding hydrogens is 350 g/mol. The molecule has 1 aliphatic heterocycles. The summed E-state index contributed by atoms with van der Waals surface area (Å²) in [6.07, 6.45) is 6.69. The largest absolute Gasteiger partial charge is 0.469 e. The predicted octanol–water partition coefficient (Wildman–Crippen LogP) is 3.07. The molecule has 0 spiro atoms. The second-order valence-corrected chi connectivity index (χ2v) is 7.86. The van der Waals surface area contributed by atoms with Crippen LogP contribution in [0.15, 0.2) is 52.2 Å². The van der Waals surface area contributed by atoms with E-state index >= 15 is 0 Å². The minimum atomic E-state index is 0.460. The van der Waals surface area contributed by atoms with Crippen molar-refractivity contribution in [3.8, 4) is 0 Å². The fraction of sp³-hybridized carbons (Fsp3) is 0.545. The molecule has 0 aromatic carbocycles. The Balaban J connectivity index is 1.45. The summed E-state index contributed by atoms with van der Waals surface area (Å²) >= 11 is 0. The number of hydrogen-bond donors (Lipinski definition) is 2. The molecule has 0 amide bonds. The zero-order valence-corrected chi connectivity index (χ0v) is 17.1. The van der Waals surface area contributed by atoms with E-state index < -0.39 is 0 Å². The Morgan fingerprint density at radius 1 is 1.25 bits per heavy atom. The number of likely N-dealkylation sites (tertiary alicyclic amines) is 1. The summed E-state index contributed by atoms with van der Waals surface area (Å²) in [6, 6.07) is 10.5. The van der Waals surface area contributed by atoms with E-state index in [1.54, 1.807) is 6.26 Å². The summed E-state index contributed by atoms with van der Waals surface area (Å²) in [4.78, 5) is 11.7. The van der Waals surface area contributed by atoms with Crippen LogP contribution in [0.4, 0.5) is 0 Å². The summed E-state index contributed by atoms with van der Waals surface area (Å²) in [5.74, 6) is 2.46. The minimum Gasteiger partial charge on any atom is -0.469 e. The smallest absolute Gasteiger partial charge is 0.191 e. The topological polar surface area (TPSA) is 65.7 Å². The predicted molar refractivity (Wildman–Crippen MR) is 113 cm³/mol. The van der Waals surface area contributed by atoms with Crippen molar-refractivity contribution in [1.82, 2.24) is 20.5 Å². The molecule has 28 heavy (non-hydrogen) atoms. The Kier molecular flexibility index (Phi) is 7.91.